The van der Waals surface area contributed by atoms with E-state index in [0.717, 1.165) is 24.8 Å². The van der Waals surface area contributed by atoms with Gasteiger partial charge in [-0.25, -0.2) is 0 Å². The summed E-state index contributed by atoms with van der Waals surface area (Å²) >= 11 is 0. The molecule has 1 rings (SSSR count). The summed E-state index contributed by atoms with van der Waals surface area (Å²) in [5.74, 6) is 0.143. The molecule has 0 aromatic heterocycles. The normalized spacial score (nSPS) is 15.4. The first-order valence-corrected chi connectivity index (χ1v) is 11.6. The van der Waals surface area contributed by atoms with Crippen molar-refractivity contribution in [2.75, 3.05) is 0 Å². The summed E-state index contributed by atoms with van der Waals surface area (Å²) in [5.41, 5.74) is 2.68. The molecule has 0 amide bonds. The molecule has 2 heteroatoms. The van der Waals surface area contributed by atoms with Gasteiger partial charge in [-0.05, 0) is 59.3 Å². The molecule has 2 nitrogen and oxygen atoms in total. The molecule has 1 aliphatic rings. The molecule has 0 unspecified atom stereocenters. The molecule has 0 saturated carbocycles. The van der Waals surface area contributed by atoms with Gasteiger partial charge in [0.15, 0.2) is 11.6 Å². The zero-order valence-corrected chi connectivity index (χ0v) is 18.9. The van der Waals surface area contributed by atoms with Gasteiger partial charge in [0.1, 0.15) is 0 Å². The van der Waals surface area contributed by atoms with E-state index >= 15 is 0 Å². The highest BCUT2D eigenvalue weighted by Crippen LogP contribution is 2.27. The molecule has 0 heterocycles. The van der Waals surface area contributed by atoms with Crippen LogP contribution in [0.2, 0.25) is 0 Å². The number of allylic oxidation sites excluding steroid dienone is 6. The van der Waals surface area contributed by atoms with Crippen LogP contribution >= 0.6 is 0 Å². The molecule has 0 spiro atoms. The van der Waals surface area contributed by atoms with Crippen molar-refractivity contribution in [2.24, 2.45) is 0 Å². The molecule has 0 saturated heterocycles. The van der Waals surface area contributed by atoms with Crippen molar-refractivity contribution >= 4 is 11.6 Å². The van der Waals surface area contributed by atoms with Gasteiger partial charge in [0, 0.05) is 22.3 Å². The molecular weight excluding hydrogens is 344 g/mol. The van der Waals surface area contributed by atoms with Gasteiger partial charge in [0.05, 0.1) is 0 Å². The van der Waals surface area contributed by atoms with Crippen LogP contribution in [0.5, 0.6) is 0 Å². The minimum absolute atomic E-state index is 0.0554. The summed E-state index contributed by atoms with van der Waals surface area (Å²) in [6, 6.07) is 0. The number of hydrogen-bond acceptors (Lipinski definition) is 2. The molecule has 28 heavy (non-hydrogen) atoms. The number of carbonyl (C=O) groups excluding carboxylic acids is 2. The van der Waals surface area contributed by atoms with E-state index in [0.29, 0.717) is 16.7 Å². The van der Waals surface area contributed by atoms with Gasteiger partial charge < -0.3 is 0 Å². The minimum Gasteiger partial charge on any atom is -0.289 e. The van der Waals surface area contributed by atoms with Gasteiger partial charge in [-0.3, -0.25) is 9.59 Å². The average molecular weight is 387 g/mol. The molecule has 158 valence electrons. The standard InChI is InChI=1S/C26H42O2/c1-5-6-7-8-9-10-11-12-13-14-15-16-17-18-19-20-24-23(4)25(27)21(2)22(3)26(24)28/h12-13H,5-11,14-20H2,1-4H3. The summed E-state index contributed by atoms with van der Waals surface area (Å²) in [5, 5.41) is 0. The molecule has 0 radical (unpaired) electrons. The number of ketones is 2. The number of Topliss-reactive ketones (excluding diaryl/α,β-unsaturated/α-hetero) is 2. The third-order valence-corrected chi connectivity index (χ3v) is 6.00. The lowest BCUT2D eigenvalue weighted by Crippen LogP contribution is -2.20. The van der Waals surface area contributed by atoms with Crippen molar-refractivity contribution in [3.8, 4) is 0 Å². The fourth-order valence-corrected chi connectivity index (χ4v) is 3.83. The summed E-state index contributed by atoms with van der Waals surface area (Å²) in [6.45, 7) is 7.61. The van der Waals surface area contributed by atoms with Crippen LogP contribution in [0.25, 0.3) is 0 Å². The first-order chi connectivity index (χ1) is 13.5. The molecule has 0 N–H and O–H groups in total. The lowest BCUT2D eigenvalue weighted by Gasteiger charge is -2.18. The predicted octanol–water partition coefficient (Wildman–Crippen LogP) is 7.83. The molecule has 0 atom stereocenters. The Kier molecular flexibility index (Phi) is 12.8. The monoisotopic (exact) mass is 386 g/mol. The second kappa shape index (κ2) is 14.5. The van der Waals surface area contributed by atoms with Crippen molar-refractivity contribution in [3.63, 3.8) is 0 Å². The Labute approximate surface area is 173 Å². The van der Waals surface area contributed by atoms with Crippen molar-refractivity contribution in [1.82, 2.24) is 0 Å². The third-order valence-electron chi connectivity index (χ3n) is 6.00. The lowest BCUT2D eigenvalue weighted by molar-refractivity contribution is -0.116. The highest BCUT2D eigenvalue weighted by atomic mass is 16.1. The quantitative estimate of drug-likeness (QED) is 0.163. The van der Waals surface area contributed by atoms with Gasteiger partial charge in [0.2, 0.25) is 0 Å². The maximum absolute atomic E-state index is 12.4. The van der Waals surface area contributed by atoms with Crippen LogP contribution in [-0.4, -0.2) is 11.6 Å². The molecule has 0 aliphatic heterocycles. The van der Waals surface area contributed by atoms with E-state index in [1.54, 1.807) is 13.8 Å². The third kappa shape index (κ3) is 8.71. The Morgan fingerprint density at radius 3 is 1.61 bits per heavy atom. The predicted molar refractivity (Wildman–Crippen MR) is 121 cm³/mol. The highest BCUT2D eigenvalue weighted by molar-refractivity contribution is 6.24. The molecule has 0 aromatic rings. The summed E-state index contributed by atoms with van der Waals surface area (Å²) in [4.78, 5) is 24.6. The SMILES string of the molecule is CCCCCCCCC=CCCCCCCCC1=C(C)C(=O)C(C)=C(C)C1=O. The number of hydrogen-bond donors (Lipinski definition) is 0. The van der Waals surface area contributed by atoms with Crippen LogP contribution in [0.4, 0.5) is 0 Å². The molecule has 0 fully saturated rings. The Hall–Kier alpha value is -1.44. The Morgan fingerprint density at radius 2 is 1.04 bits per heavy atom. The van der Waals surface area contributed by atoms with Crippen LogP contribution in [0.3, 0.4) is 0 Å². The number of unbranched alkanes of at least 4 members (excludes halogenated alkanes) is 11. The van der Waals surface area contributed by atoms with Gasteiger partial charge in [-0.2, -0.15) is 0 Å². The van der Waals surface area contributed by atoms with Crippen molar-refractivity contribution in [1.29, 1.82) is 0 Å². The Balaban J connectivity index is 2.04. The van der Waals surface area contributed by atoms with Crippen LogP contribution in [0.15, 0.2) is 34.4 Å². The zero-order valence-electron chi connectivity index (χ0n) is 18.9. The smallest absolute Gasteiger partial charge is 0.185 e. The highest BCUT2D eigenvalue weighted by Gasteiger charge is 2.26. The number of rotatable bonds is 15. The van der Waals surface area contributed by atoms with Crippen molar-refractivity contribution in [2.45, 2.75) is 118 Å². The largest absolute Gasteiger partial charge is 0.289 e. The molecule has 1 aliphatic carbocycles. The van der Waals surface area contributed by atoms with Gasteiger partial charge in [0.25, 0.3) is 0 Å². The second-order valence-electron chi connectivity index (χ2n) is 8.35. The lowest BCUT2D eigenvalue weighted by atomic mass is 9.84. The second-order valence-corrected chi connectivity index (χ2v) is 8.35. The first-order valence-electron chi connectivity index (χ1n) is 11.6. The van der Waals surface area contributed by atoms with Crippen molar-refractivity contribution < 1.29 is 9.59 Å². The van der Waals surface area contributed by atoms with Crippen LogP contribution in [0.1, 0.15) is 118 Å². The van der Waals surface area contributed by atoms with E-state index in [2.05, 4.69) is 19.1 Å². The Morgan fingerprint density at radius 1 is 0.571 bits per heavy atom. The average Bonchev–Trinajstić information content (AvgIpc) is 2.70. The zero-order chi connectivity index (χ0) is 20.8. The first kappa shape index (κ1) is 24.6. The minimum atomic E-state index is 0.0554. The van der Waals surface area contributed by atoms with E-state index in [4.69, 9.17) is 0 Å². The van der Waals surface area contributed by atoms with Gasteiger partial charge in [-0.15, -0.1) is 0 Å². The van der Waals surface area contributed by atoms with E-state index in [-0.39, 0.29) is 11.6 Å². The maximum Gasteiger partial charge on any atom is 0.185 e. The maximum atomic E-state index is 12.4. The van der Waals surface area contributed by atoms with Crippen LogP contribution in [0, 0.1) is 0 Å². The van der Waals surface area contributed by atoms with E-state index in [1.807, 2.05) is 6.92 Å². The Bertz CT molecular complexity index is 590. The van der Waals surface area contributed by atoms with Crippen LogP contribution in [-0.2, 0) is 9.59 Å². The van der Waals surface area contributed by atoms with Crippen molar-refractivity contribution in [3.05, 3.63) is 34.4 Å². The molecule has 0 aromatic carbocycles. The summed E-state index contributed by atoms with van der Waals surface area (Å²) < 4.78 is 0. The van der Waals surface area contributed by atoms with E-state index in [9.17, 15) is 9.59 Å². The number of carbonyl (C=O) groups is 2. The summed E-state index contributed by atoms with van der Waals surface area (Å²) in [6.07, 6.45) is 22.0. The topological polar surface area (TPSA) is 34.1 Å². The fraction of sp³-hybridized carbons (Fsp3) is 0.692. The molecular formula is C26H42O2. The van der Waals surface area contributed by atoms with Gasteiger partial charge in [-0.1, -0.05) is 70.4 Å². The van der Waals surface area contributed by atoms with Crippen LogP contribution < -0.4 is 0 Å². The van der Waals surface area contributed by atoms with E-state index in [1.165, 1.54) is 70.6 Å². The molecule has 0 bridgehead atoms. The van der Waals surface area contributed by atoms with Gasteiger partial charge >= 0.3 is 0 Å². The fourth-order valence-electron chi connectivity index (χ4n) is 3.83. The summed E-state index contributed by atoms with van der Waals surface area (Å²) in [7, 11) is 0. The van der Waals surface area contributed by atoms with E-state index < -0.39 is 0 Å².